The molecule has 1 amide bonds. The van der Waals surface area contributed by atoms with Crippen molar-refractivity contribution in [3.8, 4) is 5.75 Å². The topological polar surface area (TPSA) is 84.0 Å². The fraction of sp³-hybridized carbons (Fsp3) is 0.441. The number of piperazine rings is 1. The van der Waals surface area contributed by atoms with E-state index in [0.29, 0.717) is 43.2 Å². The van der Waals surface area contributed by atoms with E-state index in [9.17, 15) is 30.6 Å². The lowest BCUT2D eigenvalue weighted by Gasteiger charge is -2.35. The Morgan fingerprint density at radius 3 is 2.33 bits per heavy atom. The van der Waals surface area contributed by atoms with Gasteiger partial charge in [0.1, 0.15) is 11.0 Å². The number of halogens is 3. The normalized spacial score (nSPS) is 18.8. The number of alkyl halides is 3. The quantitative estimate of drug-likeness (QED) is 0.210. The molecule has 0 radical (unpaired) electrons. The van der Waals surface area contributed by atoms with Crippen molar-refractivity contribution < 1.29 is 35.3 Å². The molecule has 2 atom stereocenters. The zero-order valence-corrected chi connectivity index (χ0v) is 27.4. The van der Waals surface area contributed by atoms with Crippen molar-refractivity contribution >= 4 is 26.5 Å². The van der Waals surface area contributed by atoms with Crippen LogP contribution in [0.3, 0.4) is 0 Å². The van der Waals surface area contributed by atoms with E-state index in [1.165, 1.54) is 24.3 Å². The molecule has 46 heavy (non-hydrogen) atoms. The van der Waals surface area contributed by atoms with Gasteiger partial charge in [0.25, 0.3) is 5.91 Å². The van der Waals surface area contributed by atoms with Crippen LogP contribution in [0, 0.1) is 0 Å². The summed E-state index contributed by atoms with van der Waals surface area (Å²) < 4.78 is 87.4. The second-order valence-electron chi connectivity index (χ2n) is 11.7. The van der Waals surface area contributed by atoms with Crippen LogP contribution in [0.1, 0.15) is 64.9 Å². The fourth-order valence-electron chi connectivity index (χ4n) is 6.08. The highest BCUT2D eigenvalue weighted by atomic mass is 32.2. The predicted octanol–water partition coefficient (Wildman–Crippen LogP) is 6.30. The molecular weight excluding hydrogens is 638 g/mol. The summed E-state index contributed by atoms with van der Waals surface area (Å²) in [4.78, 5) is 18.2. The minimum atomic E-state index is -4.42. The number of carbonyl (C=O) groups is 1. The monoisotopic (exact) mass is 676 g/mol. The zero-order valence-electron chi connectivity index (χ0n) is 25.8. The van der Waals surface area contributed by atoms with E-state index in [-0.39, 0.29) is 46.5 Å². The lowest BCUT2D eigenvalue weighted by molar-refractivity contribution is -0.138. The molecule has 0 aromatic heterocycles. The number of benzene rings is 3. The van der Waals surface area contributed by atoms with Crippen molar-refractivity contribution in [1.82, 2.24) is 9.80 Å². The smallest absolute Gasteiger partial charge is 0.416 e. The molecule has 0 spiro atoms. The number of nitrogens with zero attached hydrogens (tertiary/aromatic N) is 2. The van der Waals surface area contributed by atoms with Gasteiger partial charge in [-0.3, -0.25) is 13.9 Å². The molecule has 2 aliphatic rings. The summed E-state index contributed by atoms with van der Waals surface area (Å²) in [6.45, 7) is 4.46. The second-order valence-corrected chi connectivity index (χ2v) is 15.3. The van der Waals surface area contributed by atoms with Crippen molar-refractivity contribution in [3.05, 3.63) is 89.0 Å². The third-order valence-corrected chi connectivity index (χ3v) is 12.4. The third kappa shape index (κ3) is 7.50. The first-order chi connectivity index (χ1) is 22.0. The van der Waals surface area contributed by atoms with Gasteiger partial charge in [0, 0.05) is 48.9 Å². The lowest BCUT2D eigenvalue weighted by atomic mass is 10.0. The van der Waals surface area contributed by atoms with Gasteiger partial charge >= 0.3 is 6.18 Å². The first-order valence-corrected chi connectivity index (χ1v) is 18.5. The molecule has 5 rings (SSSR count). The van der Waals surface area contributed by atoms with Crippen LogP contribution in [0.2, 0.25) is 0 Å². The Bertz CT molecular complexity index is 1660. The van der Waals surface area contributed by atoms with Crippen molar-refractivity contribution in [1.29, 1.82) is 0 Å². The van der Waals surface area contributed by atoms with Crippen LogP contribution in [-0.4, -0.2) is 73.4 Å². The van der Waals surface area contributed by atoms with Gasteiger partial charge in [-0.2, -0.15) is 13.2 Å². The van der Waals surface area contributed by atoms with Crippen LogP contribution >= 0.6 is 0 Å². The summed E-state index contributed by atoms with van der Waals surface area (Å²) >= 11 is 0. The molecule has 0 bridgehead atoms. The zero-order chi connectivity index (χ0) is 32.9. The second kappa shape index (κ2) is 14.7. The molecule has 1 fully saturated rings. The maximum Gasteiger partial charge on any atom is 0.416 e. The highest BCUT2D eigenvalue weighted by Gasteiger charge is 2.43. The molecular formula is C34H39F3N2O5S2. The molecule has 2 unspecified atom stereocenters. The summed E-state index contributed by atoms with van der Waals surface area (Å²) in [6.07, 6.45) is -0.495. The van der Waals surface area contributed by atoms with Crippen molar-refractivity contribution in [2.75, 3.05) is 45.1 Å². The molecule has 248 valence electrons. The maximum absolute atomic E-state index is 14.0. The molecule has 2 heterocycles. The lowest BCUT2D eigenvalue weighted by Crippen LogP contribution is -2.49. The van der Waals surface area contributed by atoms with Gasteiger partial charge in [0.15, 0.2) is 9.84 Å². The first-order valence-electron chi connectivity index (χ1n) is 15.7. The van der Waals surface area contributed by atoms with Crippen LogP contribution in [0.4, 0.5) is 13.2 Å². The number of amides is 1. The molecule has 2 aliphatic heterocycles. The van der Waals surface area contributed by atoms with Crippen molar-refractivity contribution in [2.45, 2.75) is 60.2 Å². The Labute approximate surface area is 271 Å². The minimum Gasteiger partial charge on any atom is -0.492 e. The number of carbonyl (C=O) groups excluding carboxylic acids is 1. The number of ether oxygens (including phenoxy) is 1. The van der Waals surface area contributed by atoms with E-state index >= 15 is 0 Å². The van der Waals surface area contributed by atoms with Gasteiger partial charge in [-0.1, -0.05) is 62.6 Å². The van der Waals surface area contributed by atoms with Gasteiger partial charge in [0.05, 0.1) is 33.4 Å². The Balaban J connectivity index is 1.36. The van der Waals surface area contributed by atoms with Gasteiger partial charge in [0.2, 0.25) is 0 Å². The highest BCUT2D eigenvalue weighted by molar-refractivity contribution is 7.94. The molecule has 0 N–H and O–H groups in total. The Kier molecular flexibility index (Phi) is 10.9. The standard InChI is InChI=1S/C34H39F3N2O5S2/c1-2-3-4-10-23-44-32-27(15-16-29-31(32)30(24-45(29)41)46(42,43)26-12-6-5-7-13-26)33(40)39-21-19-38(20-22-39)18-17-25-11-8-9-14-28(25)34(35,36)37/h5-9,11-16,30H,2-4,10,17-24H2,1H3. The van der Waals surface area contributed by atoms with E-state index in [0.717, 1.165) is 31.7 Å². The number of rotatable bonds is 12. The van der Waals surface area contributed by atoms with Gasteiger partial charge in [-0.25, -0.2) is 8.42 Å². The summed E-state index contributed by atoms with van der Waals surface area (Å²) in [5.74, 6) is -0.255. The largest absolute Gasteiger partial charge is 0.492 e. The van der Waals surface area contributed by atoms with E-state index in [4.69, 9.17) is 4.74 Å². The minimum absolute atomic E-state index is 0.115. The Morgan fingerprint density at radius 2 is 1.63 bits per heavy atom. The first kappa shape index (κ1) is 34.1. The van der Waals surface area contributed by atoms with Crippen LogP contribution in [0.5, 0.6) is 5.75 Å². The number of hydrogen-bond acceptors (Lipinski definition) is 6. The summed E-state index contributed by atoms with van der Waals surface area (Å²) in [6, 6.07) is 16.8. The molecule has 12 heteroatoms. The SMILES string of the molecule is CCCCCCOc1c(C(=O)N2CCN(CCc3ccccc3C(F)(F)F)CC2)ccc2c1C(S(=O)(=O)c1ccccc1)CS2=O. The fourth-order valence-corrected chi connectivity index (χ4v) is 9.97. The number of fused-ring (bicyclic) bond motifs is 1. The molecule has 3 aromatic rings. The molecule has 0 aliphatic carbocycles. The van der Waals surface area contributed by atoms with Crippen LogP contribution in [0.15, 0.2) is 76.5 Å². The van der Waals surface area contributed by atoms with Crippen LogP contribution in [-0.2, 0) is 33.2 Å². The van der Waals surface area contributed by atoms with E-state index in [1.807, 2.05) is 4.90 Å². The molecule has 3 aromatic carbocycles. The number of sulfone groups is 1. The van der Waals surface area contributed by atoms with E-state index < -0.39 is 37.6 Å². The molecule has 1 saturated heterocycles. The van der Waals surface area contributed by atoms with Crippen molar-refractivity contribution in [3.63, 3.8) is 0 Å². The Hall–Kier alpha value is -3.22. The van der Waals surface area contributed by atoms with Crippen molar-refractivity contribution in [2.24, 2.45) is 0 Å². The highest BCUT2D eigenvalue weighted by Crippen LogP contribution is 2.46. The van der Waals surface area contributed by atoms with Gasteiger partial charge in [-0.15, -0.1) is 0 Å². The Morgan fingerprint density at radius 1 is 0.935 bits per heavy atom. The van der Waals surface area contributed by atoms with Crippen LogP contribution < -0.4 is 4.74 Å². The van der Waals surface area contributed by atoms with Gasteiger partial charge in [-0.05, 0) is 48.7 Å². The summed E-state index contributed by atoms with van der Waals surface area (Å²) in [5.41, 5.74) is 0.139. The maximum atomic E-state index is 14.0. The molecule has 0 saturated carbocycles. The summed E-state index contributed by atoms with van der Waals surface area (Å²) in [7, 11) is -5.52. The van der Waals surface area contributed by atoms with E-state index in [2.05, 4.69) is 6.92 Å². The van der Waals surface area contributed by atoms with Gasteiger partial charge < -0.3 is 9.64 Å². The average Bonchev–Trinajstić information content (AvgIpc) is 3.41. The number of hydrogen-bond donors (Lipinski definition) is 0. The third-order valence-electron chi connectivity index (χ3n) is 8.63. The summed E-state index contributed by atoms with van der Waals surface area (Å²) in [5, 5.41) is -1.12. The predicted molar refractivity (Wildman–Crippen MR) is 171 cm³/mol. The van der Waals surface area contributed by atoms with E-state index in [1.54, 1.807) is 41.3 Å². The average molecular weight is 677 g/mol. The molecule has 7 nitrogen and oxygen atoms in total. The number of unbranched alkanes of at least 4 members (excludes halogenated alkanes) is 3. The van der Waals surface area contributed by atoms with Crippen LogP contribution in [0.25, 0.3) is 0 Å².